The number of amides is 1. The quantitative estimate of drug-likeness (QED) is 0.617. The molecule has 2 fully saturated rings. The fourth-order valence-corrected chi connectivity index (χ4v) is 3.36. The van der Waals surface area contributed by atoms with Crippen LogP contribution in [0.15, 0.2) is 0 Å². The third-order valence-corrected chi connectivity index (χ3v) is 4.36. The summed E-state index contributed by atoms with van der Waals surface area (Å²) in [6, 6.07) is 0. The van der Waals surface area contributed by atoms with Crippen LogP contribution in [-0.2, 0) is 4.79 Å². The van der Waals surface area contributed by atoms with Crippen molar-refractivity contribution in [2.75, 3.05) is 13.6 Å². The van der Waals surface area contributed by atoms with Gasteiger partial charge < -0.3 is 4.90 Å². The number of rotatable bonds is 0. The maximum Gasteiger partial charge on any atom is 0.225 e. The maximum atomic E-state index is 12.0. The Morgan fingerprint density at radius 1 is 0.938 bits per heavy atom. The summed E-state index contributed by atoms with van der Waals surface area (Å²) in [6.45, 7) is 1.02. The van der Waals surface area contributed by atoms with Gasteiger partial charge in [-0.25, -0.2) is 0 Å². The molecular weight excluding hydrogens is 198 g/mol. The summed E-state index contributed by atoms with van der Waals surface area (Å²) in [4.78, 5) is 14.0. The molecule has 2 atom stereocenters. The molecule has 0 bridgehead atoms. The lowest BCUT2D eigenvalue weighted by molar-refractivity contribution is -0.130. The zero-order valence-corrected chi connectivity index (χ0v) is 10.6. The molecule has 1 saturated carbocycles. The highest BCUT2D eigenvalue weighted by Gasteiger charge is 2.37. The first-order valence-corrected chi connectivity index (χ1v) is 7.04. The van der Waals surface area contributed by atoms with E-state index in [1.165, 1.54) is 51.4 Å². The van der Waals surface area contributed by atoms with Crippen molar-refractivity contribution in [2.45, 2.75) is 57.8 Å². The van der Waals surface area contributed by atoms with Gasteiger partial charge >= 0.3 is 0 Å². The molecule has 1 aliphatic carbocycles. The number of carbonyl (C=O) groups is 1. The summed E-state index contributed by atoms with van der Waals surface area (Å²) in [5.41, 5.74) is 0. The fourth-order valence-electron chi connectivity index (χ4n) is 3.36. The largest absolute Gasteiger partial charge is 0.345 e. The Hall–Kier alpha value is -0.530. The van der Waals surface area contributed by atoms with Gasteiger partial charge in [0.15, 0.2) is 0 Å². The first kappa shape index (κ1) is 11.9. The van der Waals surface area contributed by atoms with Gasteiger partial charge in [0, 0.05) is 19.5 Å². The van der Waals surface area contributed by atoms with Crippen LogP contribution in [0.1, 0.15) is 57.8 Å². The topological polar surface area (TPSA) is 20.3 Å². The van der Waals surface area contributed by atoms with Crippen molar-refractivity contribution in [3.05, 3.63) is 0 Å². The summed E-state index contributed by atoms with van der Waals surface area (Å²) >= 11 is 0. The van der Waals surface area contributed by atoms with Crippen LogP contribution in [0.5, 0.6) is 0 Å². The van der Waals surface area contributed by atoms with E-state index < -0.39 is 0 Å². The van der Waals surface area contributed by atoms with E-state index in [9.17, 15) is 4.79 Å². The number of hydrogen-bond acceptors (Lipinski definition) is 1. The summed E-state index contributed by atoms with van der Waals surface area (Å²) < 4.78 is 0. The van der Waals surface area contributed by atoms with E-state index in [-0.39, 0.29) is 0 Å². The van der Waals surface area contributed by atoms with Crippen LogP contribution in [-0.4, -0.2) is 24.4 Å². The second kappa shape index (κ2) is 5.70. The third-order valence-electron chi connectivity index (χ3n) is 4.36. The zero-order chi connectivity index (χ0) is 11.4. The summed E-state index contributed by atoms with van der Waals surface area (Å²) in [7, 11) is 1.97. The maximum absolute atomic E-state index is 12.0. The summed E-state index contributed by atoms with van der Waals surface area (Å²) in [5, 5.41) is 0. The highest BCUT2D eigenvalue weighted by atomic mass is 16.2. The van der Waals surface area contributed by atoms with Crippen molar-refractivity contribution in [2.24, 2.45) is 11.8 Å². The smallest absolute Gasteiger partial charge is 0.225 e. The Morgan fingerprint density at radius 2 is 1.50 bits per heavy atom. The van der Waals surface area contributed by atoms with Gasteiger partial charge in [0.2, 0.25) is 5.91 Å². The van der Waals surface area contributed by atoms with E-state index in [1.54, 1.807) is 0 Å². The zero-order valence-electron chi connectivity index (χ0n) is 10.6. The number of fused-ring (bicyclic) bond motifs is 1. The van der Waals surface area contributed by atoms with Crippen molar-refractivity contribution in [1.82, 2.24) is 4.90 Å². The van der Waals surface area contributed by atoms with Crippen molar-refractivity contribution in [3.63, 3.8) is 0 Å². The van der Waals surface area contributed by atoms with E-state index in [0.29, 0.717) is 17.7 Å². The third kappa shape index (κ3) is 2.78. The molecule has 1 amide bonds. The van der Waals surface area contributed by atoms with E-state index in [0.717, 1.165) is 13.0 Å². The van der Waals surface area contributed by atoms with E-state index >= 15 is 0 Å². The minimum atomic E-state index is 0.364. The van der Waals surface area contributed by atoms with Gasteiger partial charge in [-0.3, -0.25) is 4.79 Å². The van der Waals surface area contributed by atoms with E-state index in [2.05, 4.69) is 0 Å². The molecule has 0 N–H and O–H groups in total. The molecule has 2 nitrogen and oxygen atoms in total. The molecular formula is C14H25NO. The minimum absolute atomic E-state index is 0.364. The Morgan fingerprint density at radius 3 is 2.19 bits per heavy atom. The predicted octanol–water partition coefficient (Wildman–Crippen LogP) is 3.22. The van der Waals surface area contributed by atoms with Gasteiger partial charge in [-0.1, -0.05) is 44.9 Å². The van der Waals surface area contributed by atoms with Gasteiger partial charge in [0.05, 0.1) is 0 Å². The normalized spacial score (nSPS) is 33.3. The minimum Gasteiger partial charge on any atom is -0.345 e. The van der Waals surface area contributed by atoms with Gasteiger partial charge in [-0.15, -0.1) is 0 Å². The Bertz CT molecular complexity index is 239. The van der Waals surface area contributed by atoms with Crippen molar-refractivity contribution >= 4 is 5.91 Å². The molecule has 2 heteroatoms. The van der Waals surface area contributed by atoms with Gasteiger partial charge in [0.25, 0.3) is 0 Å². The number of nitrogens with zero attached hydrogens (tertiary/aromatic N) is 1. The number of hydrogen-bond donors (Lipinski definition) is 0. The molecule has 0 aromatic rings. The van der Waals surface area contributed by atoms with E-state index in [1.807, 2.05) is 11.9 Å². The average molecular weight is 223 g/mol. The monoisotopic (exact) mass is 223 g/mol. The molecule has 0 radical (unpaired) electrons. The Labute approximate surface area is 99.4 Å². The van der Waals surface area contributed by atoms with Gasteiger partial charge in [0.1, 0.15) is 0 Å². The molecule has 0 aromatic carbocycles. The first-order chi connectivity index (χ1) is 7.79. The van der Waals surface area contributed by atoms with Gasteiger partial charge in [-0.2, -0.15) is 0 Å². The van der Waals surface area contributed by atoms with Crippen LogP contribution in [0.25, 0.3) is 0 Å². The van der Waals surface area contributed by atoms with Crippen LogP contribution in [0.4, 0.5) is 0 Å². The molecule has 0 aromatic heterocycles. The first-order valence-electron chi connectivity index (χ1n) is 7.04. The lowest BCUT2D eigenvalue weighted by atomic mass is 9.87. The van der Waals surface area contributed by atoms with Gasteiger partial charge in [-0.05, 0) is 18.8 Å². The predicted molar refractivity (Wildman–Crippen MR) is 66.2 cm³/mol. The summed E-state index contributed by atoms with van der Waals surface area (Å²) in [5.74, 6) is 1.45. The second-order valence-corrected chi connectivity index (χ2v) is 5.64. The second-order valence-electron chi connectivity index (χ2n) is 5.64. The lowest BCUT2D eigenvalue weighted by Gasteiger charge is -2.15. The number of carbonyl (C=O) groups excluding carboxylic acids is 1. The van der Waals surface area contributed by atoms with E-state index in [4.69, 9.17) is 0 Å². The molecule has 1 aliphatic heterocycles. The fraction of sp³-hybridized carbons (Fsp3) is 0.929. The molecule has 2 aliphatic rings. The van der Waals surface area contributed by atoms with Crippen molar-refractivity contribution < 1.29 is 4.79 Å². The van der Waals surface area contributed by atoms with Crippen LogP contribution in [0, 0.1) is 11.8 Å². The molecule has 2 unspecified atom stereocenters. The van der Waals surface area contributed by atoms with Crippen LogP contribution in [0.3, 0.4) is 0 Å². The lowest BCUT2D eigenvalue weighted by Crippen LogP contribution is -2.22. The summed E-state index contributed by atoms with van der Waals surface area (Å²) in [6.07, 6.45) is 11.9. The van der Waals surface area contributed by atoms with Crippen LogP contribution < -0.4 is 0 Å². The molecule has 2 rings (SSSR count). The standard InChI is InChI=1S/C14H25NO/c1-15-11-12-9-7-5-3-2-4-6-8-10-13(12)14(15)16/h12-13H,2-11H2,1H3. The van der Waals surface area contributed by atoms with Crippen molar-refractivity contribution in [1.29, 1.82) is 0 Å². The molecule has 1 heterocycles. The molecule has 1 saturated heterocycles. The van der Waals surface area contributed by atoms with Crippen molar-refractivity contribution in [3.8, 4) is 0 Å². The highest BCUT2D eigenvalue weighted by molar-refractivity contribution is 5.81. The van der Waals surface area contributed by atoms with Crippen LogP contribution >= 0.6 is 0 Å². The highest BCUT2D eigenvalue weighted by Crippen LogP contribution is 2.33. The Kier molecular flexibility index (Phi) is 4.25. The average Bonchev–Trinajstić information content (AvgIpc) is 2.52. The molecule has 16 heavy (non-hydrogen) atoms. The van der Waals surface area contributed by atoms with Crippen LogP contribution in [0.2, 0.25) is 0 Å². The molecule has 0 spiro atoms. The molecule has 92 valence electrons. The Balaban J connectivity index is 1.95. The number of likely N-dealkylation sites (tertiary alicyclic amines) is 1. The SMILES string of the molecule is CN1CC2CCCCCCCCCC2C1=O.